The molecule has 1 aliphatic carbocycles. The van der Waals surface area contributed by atoms with Gasteiger partial charge in [-0.05, 0) is 35.1 Å². The Morgan fingerprint density at radius 3 is 2.16 bits per heavy atom. The molecule has 0 aromatic heterocycles. The predicted octanol–water partition coefficient (Wildman–Crippen LogP) is -2.24. The summed E-state index contributed by atoms with van der Waals surface area (Å²) in [4.78, 5) is 15.8. The van der Waals surface area contributed by atoms with Crippen molar-refractivity contribution in [1.82, 2.24) is 9.80 Å². The maximum absolute atomic E-state index is 12.4. The fourth-order valence-corrected chi connectivity index (χ4v) is 4.17. The van der Waals surface area contributed by atoms with Gasteiger partial charge in [0.1, 0.15) is 18.3 Å². The average molecular weight is 360 g/mol. The third kappa shape index (κ3) is 2.92. The number of aliphatic hydroxyl groups excluding tert-OH is 2. The van der Waals surface area contributed by atoms with E-state index in [0.717, 1.165) is 0 Å². The molecule has 0 amide bonds. The number of carbonyl (C=O) groups is 1. The molecule has 0 radical (unpaired) electrons. The monoisotopic (exact) mass is 360 g/mol. The Morgan fingerprint density at radius 2 is 1.60 bits per heavy atom. The highest BCUT2D eigenvalue weighted by Gasteiger charge is 2.64. The molecule has 9 heteroatoms. The standard InChI is InChI=1S/C16H28N2O7/c1-7-6-8(19)16(22)15(23-7)24-14-12(21)9(17(2)3)11(20)10(18(4)5)13(14)25-16/h7,9-15,20-22H,6H2,1-5H3. The van der Waals surface area contributed by atoms with Crippen molar-refractivity contribution < 1.29 is 34.3 Å². The molecule has 3 fully saturated rings. The number of rotatable bonds is 2. The van der Waals surface area contributed by atoms with Crippen LogP contribution in [0.2, 0.25) is 0 Å². The summed E-state index contributed by atoms with van der Waals surface area (Å²) in [6, 6.07) is -1.18. The number of nitrogens with zero attached hydrogens (tertiary/aromatic N) is 2. The first-order valence-electron chi connectivity index (χ1n) is 8.51. The van der Waals surface area contributed by atoms with E-state index in [4.69, 9.17) is 14.2 Å². The zero-order chi connectivity index (χ0) is 18.7. The number of aliphatic hydroxyl groups is 3. The Hall–Kier alpha value is -0.650. The van der Waals surface area contributed by atoms with E-state index in [0.29, 0.717) is 0 Å². The second-order valence-electron chi connectivity index (χ2n) is 7.68. The lowest BCUT2D eigenvalue weighted by Gasteiger charge is -2.57. The van der Waals surface area contributed by atoms with Crippen LogP contribution in [0.1, 0.15) is 13.3 Å². The Bertz CT molecular complexity index is 531. The van der Waals surface area contributed by atoms with Crippen molar-refractivity contribution in [3.05, 3.63) is 0 Å². The molecule has 0 bridgehead atoms. The molecule has 0 aromatic carbocycles. The largest absolute Gasteiger partial charge is 0.390 e. The third-order valence-electron chi connectivity index (χ3n) is 5.38. The molecule has 9 nitrogen and oxygen atoms in total. The molecule has 2 heterocycles. The first-order chi connectivity index (χ1) is 11.6. The van der Waals surface area contributed by atoms with Gasteiger partial charge in [-0.25, -0.2) is 0 Å². The van der Waals surface area contributed by atoms with Gasteiger partial charge in [0.15, 0.2) is 5.78 Å². The van der Waals surface area contributed by atoms with Gasteiger partial charge in [-0.2, -0.15) is 0 Å². The van der Waals surface area contributed by atoms with Gasteiger partial charge in [-0.1, -0.05) is 0 Å². The van der Waals surface area contributed by atoms with Gasteiger partial charge in [-0.15, -0.1) is 0 Å². The number of carbonyl (C=O) groups excluding carboxylic acids is 1. The quantitative estimate of drug-likeness (QED) is 0.503. The maximum atomic E-state index is 12.4. The van der Waals surface area contributed by atoms with Crippen LogP contribution < -0.4 is 0 Å². The second-order valence-corrected chi connectivity index (χ2v) is 7.68. The van der Waals surface area contributed by atoms with Gasteiger partial charge >= 0.3 is 0 Å². The summed E-state index contributed by atoms with van der Waals surface area (Å²) in [7, 11) is 7.03. The normalized spacial score (nSPS) is 50.7. The Balaban J connectivity index is 1.97. The van der Waals surface area contributed by atoms with Crippen LogP contribution in [-0.4, -0.2) is 114 Å². The number of fused-ring (bicyclic) bond motifs is 2. The molecule has 1 saturated carbocycles. The van der Waals surface area contributed by atoms with Crippen molar-refractivity contribution >= 4 is 5.78 Å². The number of ketones is 1. The van der Waals surface area contributed by atoms with Gasteiger partial charge in [0.2, 0.25) is 6.29 Å². The van der Waals surface area contributed by atoms with Crippen molar-refractivity contribution in [2.24, 2.45) is 0 Å². The van der Waals surface area contributed by atoms with E-state index in [1.165, 1.54) is 0 Å². The van der Waals surface area contributed by atoms with Crippen LogP contribution in [0.15, 0.2) is 0 Å². The van der Waals surface area contributed by atoms with Crippen molar-refractivity contribution in [3.8, 4) is 0 Å². The number of hydrogen-bond donors (Lipinski definition) is 3. The smallest absolute Gasteiger partial charge is 0.280 e. The highest BCUT2D eigenvalue weighted by molar-refractivity contribution is 5.87. The SMILES string of the molecule is CC1CC(=O)C2(O)OC3C(OC2O1)C(O)C(N(C)C)C(O)C3N(C)C. The van der Waals surface area contributed by atoms with Crippen molar-refractivity contribution in [3.63, 3.8) is 0 Å². The summed E-state index contributed by atoms with van der Waals surface area (Å²) in [6.45, 7) is 1.71. The zero-order valence-electron chi connectivity index (χ0n) is 15.2. The van der Waals surface area contributed by atoms with Gasteiger partial charge in [0, 0.05) is 6.42 Å². The minimum absolute atomic E-state index is 0.00576. The molecule has 0 spiro atoms. The lowest BCUT2D eigenvalue weighted by Crippen LogP contribution is -2.77. The van der Waals surface area contributed by atoms with E-state index < -0.39 is 60.5 Å². The number of ether oxygens (including phenoxy) is 3. The van der Waals surface area contributed by atoms with Crippen LogP contribution in [0.4, 0.5) is 0 Å². The molecule has 9 unspecified atom stereocenters. The Kier molecular flexibility index (Phi) is 4.97. The van der Waals surface area contributed by atoms with Crippen molar-refractivity contribution in [2.45, 2.75) is 68.0 Å². The van der Waals surface area contributed by atoms with Gasteiger partial charge in [-0.3, -0.25) is 4.79 Å². The van der Waals surface area contributed by atoms with E-state index in [1.54, 1.807) is 44.9 Å². The molecule has 2 aliphatic heterocycles. The van der Waals surface area contributed by atoms with E-state index in [1.807, 2.05) is 0 Å². The highest BCUT2D eigenvalue weighted by atomic mass is 16.8. The third-order valence-corrected chi connectivity index (χ3v) is 5.38. The minimum atomic E-state index is -2.23. The van der Waals surface area contributed by atoms with E-state index >= 15 is 0 Å². The van der Waals surface area contributed by atoms with E-state index in [9.17, 15) is 20.1 Å². The van der Waals surface area contributed by atoms with E-state index in [-0.39, 0.29) is 6.42 Å². The summed E-state index contributed by atoms with van der Waals surface area (Å²) >= 11 is 0. The van der Waals surface area contributed by atoms with Crippen molar-refractivity contribution in [2.75, 3.05) is 28.2 Å². The lowest BCUT2D eigenvalue weighted by atomic mass is 9.79. The summed E-state index contributed by atoms with van der Waals surface area (Å²) in [6.07, 6.45) is -5.51. The molecule has 2 saturated heterocycles. The molecular weight excluding hydrogens is 332 g/mol. The van der Waals surface area contributed by atoms with Crippen molar-refractivity contribution in [1.29, 1.82) is 0 Å². The topological polar surface area (TPSA) is 112 Å². The predicted molar refractivity (Wildman–Crippen MR) is 85.6 cm³/mol. The summed E-state index contributed by atoms with van der Waals surface area (Å²) in [5, 5.41) is 32.3. The van der Waals surface area contributed by atoms with Crippen LogP contribution in [0, 0.1) is 0 Å². The lowest BCUT2D eigenvalue weighted by molar-refractivity contribution is -0.424. The van der Waals surface area contributed by atoms with Gasteiger partial charge in [0.05, 0.1) is 24.3 Å². The molecule has 3 rings (SSSR count). The second kappa shape index (κ2) is 6.50. The van der Waals surface area contributed by atoms with Crippen LogP contribution in [0.3, 0.4) is 0 Å². The summed E-state index contributed by atoms with van der Waals surface area (Å²) in [5.41, 5.74) is 0. The summed E-state index contributed by atoms with van der Waals surface area (Å²) < 4.78 is 17.1. The first kappa shape index (κ1) is 19.1. The molecule has 3 aliphatic rings. The fraction of sp³-hybridized carbons (Fsp3) is 0.938. The van der Waals surface area contributed by atoms with Crippen LogP contribution in [0.25, 0.3) is 0 Å². The van der Waals surface area contributed by atoms with Crippen LogP contribution in [-0.2, 0) is 19.0 Å². The number of Topliss-reactive ketones (excluding diaryl/α,β-unsaturated/α-hetero) is 1. The molecule has 9 atom stereocenters. The van der Waals surface area contributed by atoms with Gasteiger partial charge < -0.3 is 39.3 Å². The molecular formula is C16H28N2O7. The summed E-state index contributed by atoms with van der Waals surface area (Å²) in [5.74, 6) is -2.75. The highest BCUT2D eigenvalue weighted by Crippen LogP contribution is 2.41. The first-order valence-corrected chi connectivity index (χ1v) is 8.51. The minimum Gasteiger partial charge on any atom is -0.390 e. The fourth-order valence-electron chi connectivity index (χ4n) is 4.17. The van der Waals surface area contributed by atoms with Crippen LogP contribution in [0.5, 0.6) is 0 Å². The molecule has 3 N–H and O–H groups in total. The molecule has 0 aromatic rings. The Morgan fingerprint density at radius 1 is 1.00 bits per heavy atom. The number of hydrogen-bond acceptors (Lipinski definition) is 9. The Labute approximate surface area is 147 Å². The molecule has 144 valence electrons. The molecule has 25 heavy (non-hydrogen) atoms. The van der Waals surface area contributed by atoms with Crippen LogP contribution >= 0.6 is 0 Å². The van der Waals surface area contributed by atoms with E-state index in [2.05, 4.69) is 0 Å². The number of likely N-dealkylation sites (N-methyl/N-ethyl adjacent to an activating group) is 2. The average Bonchev–Trinajstić information content (AvgIpc) is 2.47. The maximum Gasteiger partial charge on any atom is 0.280 e. The zero-order valence-corrected chi connectivity index (χ0v) is 15.2. The van der Waals surface area contributed by atoms with Gasteiger partial charge in [0.25, 0.3) is 5.79 Å².